The van der Waals surface area contributed by atoms with Crippen LogP contribution in [0.5, 0.6) is 11.5 Å². The van der Waals surface area contributed by atoms with Crippen molar-refractivity contribution < 1.29 is 14.2 Å². The van der Waals surface area contributed by atoms with Crippen LogP contribution >= 0.6 is 0 Å². The molecular formula is C19H33N3O3. The fourth-order valence-corrected chi connectivity index (χ4v) is 2.26. The Morgan fingerprint density at radius 3 is 2.64 bits per heavy atom. The van der Waals surface area contributed by atoms with E-state index in [4.69, 9.17) is 14.2 Å². The van der Waals surface area contributed by atoms with Crippen molar-refractivity contribution in [1.82, 2.24) is 10.6 Å². The van der Waals surface area contributed by atoms with Gasteiger partial charge < -0.3 is 24.8 Å². The average Bonchev–Trinajstić information content (AvgIpc) is 2.62. The Morgan fingerprint density at radius 1 is 1.12 bits per heavy atom. The van der Waals surface area contributed by atoms with E-state index >= 15 is 0 Å². The van der Waals surface area contributed by atoms with Crippen molar-refractivity contribution in [3.8, 4) is 11.5 Å². The maximum Gasteiger partial charge on any atom is 0.191 e. The summed E-state index contributed by atoms with van der Waals surface area (Å²) in [4.78, 5) is 4.60. The molecule has 1 aromatic carbocycles. The highest BCUT2D eigenvalue weighted by atomic mass is 16.5. The molecule has 0 aromatic heterocycles. The normalized spacial score (nSPS) is 12.6. The van der Waals surface area contributed by atoms with Crippen LogP contribution in [0.4, 0.5) is 0 Å². The largest absolute Gasteiger partial charge is 0.497 e. The van der Waals surface area contributed by atoms with Gasteiger partial charge in [0, 0.05) is 32.9 Å². The number of nitrogens with one attached hydrogen (secondary N) is 2. The van der Waals surface area contributed by atoms with Gasteiger partial charge in [0.05, 0.1) is 13.7 Å². The third kappa shape index (κ3) is 9.82. The highest BCUT2D eigenvalue weighted by molar-refractivity contribution is 5.79. The molecule has 0 heterocycles. The Hall–Kier alpha value is -1.95. The molecule has 0 saturated heterocycles. The highest BCUT2D eigenvalue weighted by Crippen LogP contribution is 2.19. The first-order chi connectivity index (χ1) is 12.2. The van der Waals surface area contributed by atoms with Crippen molar-refractivity contribution in [3.63, 3.8) is 0 Å². The maximum atomic E-state index is 5.90. The second kappa shape index (κ2) is 13.4. The topological polar surface area (TPSA) is 64.1 Å². The van der Waals surface area contributed by atoms with Gasteiger partial charge in [0.1, 0.15) is 17.6 Å². The third-order valence-electron chi connectivity index (χ3n) is 3.55. The molecule has 0 radical (unpaired) electrons. The first-order valence-electron chi connectivity index (χ1n) is 9.01. The number of hydrogen-bond donors (Lipinski definition) is 2. The summed E-state index contributed by atoms with van der Waals surface area (Å²) in [6.07, 6.45) is 3.32. The lowest BCUT2D eigenvalue weighted by atomic mass is 10.2. The number of guanidine groups is 1. The zero-order chi connectivity index (χ0) is 18.3. The van der Waals surface area contributed by atoms with Gasteiger partial charge in [0.15, 0.2) is 5.96 Å². The van der Waals surface area contributed by atoms with Crippen LogP contribution in [0.2, 0.25) is 0 Å². The number of benzene rings is 1. The van der Waals surface area contributed by atoms with Crippen LogP contribution in [0.1, 0.15) is 33.1 Å². The van der Waals surface area contributed by atoms with Gasteiger partial charge in [0.25, 0.3) is 0 Å². The number of unbranched alkanes of at least 4 members (excludes halogenated alkanes) is 2. The molecular weight excluding hydrogens is 318 g/mol. The Labute approximate surface area is 152 Å². The predicted molar refractivity (Wildman–Crippen MR) is 103 cm³/mol. The maximum absolute atomic E-state index is 5.90. The van der Waals surface area contributed by atoms with Crippen molar-refractivity contribution in [3.05, 3.63) is 24.3 Å². The van der Waals surface area contributed by atoms with Gasteiger partial charge in [-0.1, -0.05) is 6.07 Å². The van der Waals surface area contributed by atoms with Gasteiger partial charge in [-0.05, 0) is 45.2 Å². The smallest absolute Gasteiger partial charge is 0.191 e. The van der Waals surface area contributed by atoms with Gasteiger partial charge >= 0.3 is 0 Å². The van der Waals surface area contributed by atoms with Crippen LogP contribution in [0.15, 0.2) is 29.3 Å². The molecule has 6 heteroatoms. The number of hydrogen-bond acceptors (Lipinski definition) is 4. The van der Waals surface area contributed by atoms with E-state index in [-0.39, 0.29) is 6.10 Å². The molecule has 6 nitrogen and oxygen atoms in total. The first kappa shape index (κ1) is 21.1. The number of nitrogens with zero attached hydrogens (tertiary/aromatic N) is 1. The van der Waals surface area contributed by atoms with E-state index in [1.54, 1.807) is 14.2 Å². The SMILES string of the molecule is CCNC(=NCC(C)Oc1cccc(OC)c1)NCCCCCOC. The van der Waals surface area contributed by atoms with E-state index < -0.39 is 0 Å². The van der Waals surface area contributed by atoms with Crippen molar-refractivity contribution in [2.24, 2.45) is 4.99 Å². The second-order valence-electron chi connectivity index (χ2n) is 5.81. The summed E-state index contributed by atoms with van der Waals surface area (Å²) in [7, 11) is 3.39. The molecule has 0 aliphatic rings. The Kier molecular flexibility index (Phi) is 11.3. The minimum atomic E-state index is -0.0238. The average molecular weight is 351 g/mol. The van der Waals surface area contributed by atoms with Gasteiger partial charge in [-0.15, -0.1) is 0 Å². The van der Waals surface area contributed by atoms with Gasteiger partial charge in [-0.3, -0.25) is 0 Å². The lowest BCUT2D eigenvalue weighted by Crippen LogP contribution is -2.38. The summed E-state index contributed by atoms with van der Waals surface area (Å²) in [5.41, 5.74) is 0. The van der Waals surface area contributed by atoms with Gasteiger partial charge in [-0.25, -0.2) is 4.99 Å². The molecule has 1 aromatic rings. The molecule has 2 N–H and O–H groups in total. The summed E-state index contributed by atoms with van der Waals surface area (Å²) < 4.78 is 16.2. The summed E-state index contributed by atoms with van der Waals surface area (Å²) in [6.45, 7) is 7.22. The van der Waals surface area contributed by atoms with Crippen LogP contribution in [0.25, 0.3) is 0 Å². The van der Waals surface area contributed by atoms with E-state index in [1.165, 1.54) is 0 Å². The van der Waals surface area contributed by atoms with Gasteiger partial charge in [-0.2, -0.15) is 0 Å². The first-order valence-corrected chi connectivity index (χ1v) is 9.01. The van der Waals surface area contributed by atoms with Crippen molar-refractivity contribution in [2.45, 2.75) is 39.2 Å². The van der Waals surface area contributed by atoms with Crippen LogP contribution in [-0.4, -0.2) is 52.5 Å². The summed E-state index contributed by atoms with van der Waals surface area (Å²) in [5.74, 6) is 2.41. The minimum absolute atomic E-state index is 0.0238. The lowest BCUT2D eigenvalue weighted by molar-refractivity contribution is 0.192. The van der Waals surface area contributed by atoms with Crippen LogP contribution in [0.3, 0.4) is 0 Å². The number of methoxy groups -OCH3 is 2. The molecule has 142 valence electrons. The molecule has 0 aliphatic carbocycles. The van der Waals surface area contributed by atoms with Crippen molar-refractivity contribution in [1.29, 1.82) is 0 Å². The quantitative estimate of drug-likeness (QED) is 0.344. The standard InChI is InChI=1S/C19H33N3O3/c1-5-20-19(21-12-7-6-8-13-23-3)22-15-16(2)25-18-11-9-10-17(14-18)24-4/h9-11,14,16H,5-8,12-13,15H2,1-4H3,(H2,20,21,22). The lowest BCUT2D eigenvalue weighted by Gasteiger charge is -2.15. The molecule has 0 saturated carbocycles. The number of ether oxygens (including phenoxy) is 3. The summed E-state index contributed by atoms with van der Waals surface area (Å²) in [6, 6.07) is 7.62. The van der Waals surface area contributed by atoms with Crippen molar-refractivity contribution >= 4 is 5.96 Å². The molecule has 1 unspecified atom stereocenters. The summed E-state index contributed by atoms with van der Waals surface area (Å²) >= 11 is 0. The highest BCUT2D eigenvalue weighted by Gasteiger charge is 2.05. The summed E-state index contributed by atoms with van der Waals surface area (Å²) in [5, 5.41) is 6.62. The van der Waals surface area contributed by atoms with Gasteiger partial charge in [0.2, 0.25) is 0 Å². The molecule has 0 fully saturated rings. The monoisotopic (exact) mass is 351 g/mol. The van der Waals surface area contributed by atoms with E-state index in [0.29, 0.717) is 6.54 Å². The number of aliphatic imine (C=N–C) groups is 1. The molecule has 0 amide bonds. The van der Waals surface area contributed by atoms with E-state index in [9.17, 15) is 0 Å². The fourth-order valence-electron chi connectivity index (χ4n) is 2.26. The van der Waals surface area contributed by atoms with Crippen molar-refractivity contribution in [2.75, 3.05) is 40.5 Å². The Balaban J connectivity index is 2.38. The zero-order valence-electron chi connectivity index (χ0n) is 16.0. The molecule has 0 spiro atoms. The Bertz CT molecular complexity index is 495. The van der Waals surface area contributed by atoms with Crippen LogP contribution in [0, 0.1) is 0 Å². The fraction of sp³-hybridized carbons (Fsp3) is 0.632. The molecule has 1 atom stereocenters. The third-order valence-corrected chi connectivity index (χ3v) is 3.55. The molecule has 1 rings (SSSR count). The van der Waals surface area contributed by atoms with E-state index in [1.807, 2.05) is 31.2 Å². The predicted octanol–water partition coefficient (Wildman–Crippen LogP) is 2.83. The second-order valence-corrected chi connectivity index (χ2v) is 5.81. The van der Waals surface area contributed by atoms with E-state index in [0.717, 1.165) is 56.4 Å². The van der Waals surface area contributed by atoms with Crippen LogP contribution in [-0.2, 0) is 4.74 Å². The molecule has 25 heavy (non-hydrogen) atoms. The van der Waals surface area contributed by atoms with Crippen LogP contribution < -0.4 is 20.1 Å². The Morgan fingerprint density at radius 2 is 1.92 bits per heavy atom. The molecule has 0 aliphatic heterocycles. The number of rotatable bonds is 12. The minimum Gasteiger partial charge on any atom is -0.497 e. The molecule has 0 bridgehead atoms. The zero-order valence-corrected chi connectivity index (χ0v) is 16.0. The van der Waals surface area contributed by atoms with E-state index in [2.05, 4.69) is 22.5 Å².